The van der Waals surface area contributed by atoms with Crippen LogP contribution in [0.2, 0.25) is 0 Å². The van der Waals surface area contributed by atoms with E-state index >= 15 is 0 Å². The lowest BCUT2D eigenvalue weighted by Crippen LogP contribution is -2.39. The lowest BCUT2D eigenvalue weighted by Gasteiger charge is -2.26. The highest BCUT2D eigenvalue weighted by Crippen LogP contribution is 2.23. The molecule has 0 radical (unpaired) electrons. The largest absolute Gasteiger partial charge is 0.312 e. The number of hydrogen-bond donors (Lipinski definition) is 1. The van der Waals surface area contributed by atoms with Crippen LogP contribution in [0.5, 0.6) is 0 Å². The standard InChI is InChI=1S/C15H26N2/c1-11(9-17-15(4,5)6)13(3)14-8-7-12(2)16-10-14/h7-8,10-11,13,17H,9H2,1-6H3. The number of rotatable bonds is 4. The van der Waals surface area contributed by atoms with E-state index < -0.39 is 0 Å². The Hall–Kier alpha value is -0.890. The van der Waals surface area contributed by atoms with E-state index in [1.54, 1.807) is 0 Å². The van der Waals surface area contributed by atoms with Crippen molar-refractivity contribution in [3.05, 3.63) is 29.6 Å². The number of aryl methyl sites for hydroxylation is 1. The van der Waals surface area contributed by atoms with Crippen LogP contribution in [0, 0.1) is 12.8 Å². The first-order valence-electron chi connectivity index (χ1n) is 6.47. The van der Waals surface area contributed by atoms with Crippen LogP contribution in [-0.4, -0.2) is 17.1 Å². The second-order valence-corrected chi connectivity index (χ2v) is 6.13. The van der Waals surface area contributed by atoms with Crippen molar-refractivity contribution in [2.75, 3.05) is 6.54 Å². The highest BCUT2D eigenvalue weighted by Gasteiger charge is 2.17. The zero-order valence-corrected chi connectivity index (χ0v) is 12.0. The fourth-order valence-corrected chi connectivity index (χ4v) is 1.72. The Morgan fingerprint density at radius 3 is 2.35 bits per heavy atom. The lowest BCUT2D eigenvalue weighted by atomic mass is 9.89. The third-order valence-corrected chi connectivity index (χ3v) is 3.27. The summed E-state index contributed by atoms with van der Waals surface area (Å²) >= 11 is 0. The van der Waals surface area contributed by atoms with Gasteiger partial charge in [0.05, 0.1) is 0 Å². The minimum atomic E-state index is 0.194. The van der Waals surface area contributed by atoms with Crippen LogP contribution in [0.1, 0.15) is 51.8 Å². The van der Waals surface area contributed by atoms with Crippen LogP contribution < -0.4 is 5.32 Å². The molecule has 0 bridgehead atoms. The Morgan fingerprint density at radius 1 is 1.24 bits per heavy atom. The van der Waals surface area contributed by atoms with Gasteiger partial charge in [0.25, 0.3) is 0 Å². The van der Waals surface area contributed by atoms with E-state index in [-0.39, 0.29) is 5.54 Å². The zero-order valence-electron chi connectivity index (χ0n) is 12.0. The van der Waals surface area contributed by atoms with Gasteiger partial charge in [0.15, 0.2) is 0 Å². The fraction of sp³-hybridized carbons (Fsp3) is 0.667. The van der Waals surface area contributed by atoms with Crippen molar-refractivity contribution in [1.82, 2.24) is 10.3 Å². The second kappa shape index (κ2) is 5.63. The van der Waals surface area contributed by atoms with Crippen molar-refractivity contribution in [3.63, 3.8) is 0 Å². The van der Waals surface area contributed by atoms with Crippen molar-refractivity contribution in [3.8, 4) is 0 Å². The van der Waals surface area contributed by atoms with Gasteiger partial charge in [0.1, 0.15) is 0 Å². The van der Waals surface area contributed by atoms with Crippen molar-refractivity contribution in [2.24, 2.45) is 5.92 Å². The number of pyridine rings is 1. The summed E-state index contributed by atoms with van der Waals surface area (Å²) in [5, 5.41) is 3.56. The molecule has 1 N–H and O–H groups in total. The van der Waals surface area contributed by atoms with Gasteiger partial charge in [0, 0.05) is 17.4 Å². The first-order valence-corrected chi connectivity index (χ1v) is 6.47. The second-order valence-electron chi connectivity index (χ2n) is 6.13. The van der Waals surface area contributed by atoms with Gasteiger partial charge in [-0.1, -0.05) is 19.9 Å². The van der Waals surface area contributed by atoms with Crippen molar-refractivity contribution < 1.29 is 0 Å². The minimum Gasteiger partial charge on any atom is -0.312 e. The molecule has 0 fully saturated rings. The van der Waals surface area contributed by atoms with E-state index in [1.165, 1.54) is 5.56 Å². The van der Waals surface area contributed by atoms with E-state index in [4.69, 9.17) is 0 Å². The molecule has 2 heteroatoms. The molecule has 0 aliphatic carbocycles. The molecule has 17 heavy (non-hydrogen) atoms. The normalized spacial score (nSPS) is 15.6. The Labute approximate surface area is 106 Å². The predicted octanol–water partition coefficient (Wildman–Crippen LogP) is 3.52. The van der Waals surface area contributed by atoms with Gasteiger partial charge in [-0.3, -0.25) is 4.98 Å². The number of aromatic nitrogens is 1. The molecule has 1 heterocycles. The molecule has 0 aliphatic rings. The van der Waals surface area contributed by atoms with Crippen LogP contribution in [-0.2, 0) is 0 Å². The Kier molecular flexibility index (Phi) is 4.70. The van der Waals surface area contributed by atoms with Crippen molar-refractivity contribution in [2.45, 2.75) is 53.0 Å². The van der Waals surface area contributed by atoms with E-state index in [2.05, 4.69) is 57.1 Å². The first-order chi connectivity index (χ1) is 7.79. The van der Waals surface area contributed by atoms with E-state index in [0.717, 1.165) is 12.2 Å². The maximum atomic E-state index is 4.37. The molecule has 2 atom stereocenters. The van der Waals surface area contributed by atoms with Crippen LogP contribution in [0.25, 0.3) is 0 Å². The number of hydrogen-bond acceptors (Lipinski definition) is 2. The predicted molar refractivity (Wildman–Crippen MR) is 74.3 cm³/mol. The molecule has 0 amide bonds. The summed E-state index contributed by atoms with van der Waals surface area (Å²) in [6.07, 6.45) is 2.01. The maximum absolute atomic E-state index is 4.37. The Balaban J connectivity index is 2.57. The van der Waals surface area contributed by atoms with Crippen LogP contribution >= 0.6 is 0 Å². The summed E-state index contributed by atoms with van der Waals surface area (Å²) in [5.41, 5.74) is 2.61. The van der Waals surface area contributed by atoms with E-state index in [0.29, 0.717) is 11.8 Å². The first kappa shape index (κ1) is 14.2. The maximum Gasteiger partial charge on any atom is 0.0372 e. The molecule has 1 rings (SSSR count). The van der Waals surface area contributed by atoms with Crippen LogP contribution in [0.4, 0.5) is 0 Å². The smallest absolute Gasteiger partial charge is 0.0372 e. The zero-order chi connectivity index (χ0) is 13.1. The van der Waals surface area contributed by atoms with Crippen molar-refractivity contribution >= 4 is 0 Å². The Morgan fingerprint density at radius 2 is 1.88 bits per heavy atom. The summed E-state index contributed by atoms with van der Waals surface area (Å²) in [6.45, 7) is 14.3. The number of nitrogens with zero attached hydrogens (tertiary/aromatic N) is 1. The van der Waals surface area contributed by atoms with Gasteiger partial charge in [-0.05, 0) is 57.7 Å². The fourth-order valence-electron chi connectivity index (χ4n) is 1.72. The molecule has 0 saturated carbocycles. The molecular weight excluding hydrogens is 208 g/mol. The Bertz CT molecular complexity index is 335. The van der Waals surface area contributed by atoms with Crippen molar-refractivity contribution in [1.29, 1.82) is 0 Å². The molecule has 1 aromatic heterocycles. The van der Waals surface area contributed by atoms with Gasteiger partial charge in [-0.15, -0.1) is 0 Å². The van der Waals surface area contributed by atoms with Gasteiger partial charge in [-0.2, -0.15) is 0 Å². The topological polar surface area (TPSA) is 24.9 Å². The summed E-state index contributed by atoms with van der Waals surface area (Å²) in [4.78, 5) is 4.37. The molecule has 0 spiro atoms. The van der Waals surface area contributed by atoms with Gasteiger partial charge in [0.2, 0.25) is 0 Å². The summed E-state index contributed by atoms with van der Waals surface area (Å²) in [7, 11) is 0. The van der Waals surface area contributed by atoms with Gasteiger partial charge < -0.3 is 5.32 Å². The molecular formula is C15H26N2. The summed E-state index contributed by atoms with van der Waals surface area (Å²) < 4.78 is 0. The van der Waals surface area contributed by atoms with Gasteiger partial charge in [-0.25, -0.2) is 0 Å². The lowest BCUT2D eigenvalue weighted by molar-refractivity contribution is 0.359. The highest BCUT2D eigenvalue weighted by atomic mass is 14.9. The molecule has 0 aliphatic heterocycles. The van der Waals surface area contributed by atoms with Gasteiger partial charge >= 0.3 is 0 Å². The molecule has 2 nitrogen and oxygen atoms in total. The quantitative estimate of drug-likeness (QED) is 0.862. The van der Waals surface area contributed by atoms with Crippen LogP contribution in [0.15, 0.2) is 18.3 Å². The minimum absolute atomic E-state index is 0.194. The number of nitrogens with one attached hydrogen (secondary N) is 1. The molecule has 96 valence electrons. The third kappa shape index (κ3) is 4.86. The highest BCUT2D eigenvalue weighted by molar-refractivity contribution is 5.17. The molecule has 1 aromatic rings. The third-order valence-electron chi connectivity index (χ3n) is 3.27. The van der Waals surface area contributed by atoms with Crippen LogP contribution in [0.3, 0.4) is 0 Å². The average Bonchev–Trinajstić information content (AvgIpc) is 2.25. The molecule has 0 saturated heterocycles. The SMILES string of the molecule is Cc1ccc(C(C)C(C)CNC(C)(C)C)cn1. The van der Waals surface area contributed by atoms with E-state index in [9.17, 15) is 0 Å². The summed E-state index contributed by atoms with van der Waals surface area (Å²) in [6, 6.07) is 4.29. The molecule has 2 unspecified atom stereocenters. The molecule has 0 aromatic carbocycles. The average molecular weight is 234 g/mol. The monoisotopic (exact) mass is 234 g/mol. The summed E-state index contributed by atoms with van der Waals surface area (Å²) in [5.74, 6) is 1.15. The van der Waals surface area contributed by atoms with E-state index in [1.807, 2.05) is 13.1 Å².